The van der Waals surface area contributed by atoms with Crippen LogP contribution >= 0.6 is 23.2 Å². The number of carbonyl (C=O) groups excluding carboxylic acids is 2. The van der Waals surface area contributed by atoms with Crippen LogP contribution in [-0.4, -0.2) is 29.5 Å². The van der Waals surface area contributed by atoms with Gasteiger partial charge in [-0.25, -0.2) is 8.78 Å². The summed E-state index contributed by atoms with van der Waals surface area (Å²) in [5.74, 6) is -3.31. The van der Waals surface area contributed by atoms with E-state index in [0.29, 0.717) is 0 Å². The Bertz CT molecular complexity index is 864. The minimum absolute atomic E-state index is 0.0676. The first kappa shape index (κ1) is 21.1. The Balaban J connectivity index is 1.92. The summed E-state index contributed by atoms with van der Waals surface area (Å²) >= 11 is 11.8. The standard InChI is InChI=1S/C18H16Cl2F2N2O3/c1-9(24-18(27)11-3-2-4-12(19)16(11)20)17(26)23-8-15(25)10-5-6-13(21)14(22)7-10/h2-7,9,15,25H,8H2,1H3,(H,23,26)(H,24,27). The molecule has 0 heterocycles. The van der Waals surface area contributed by atoms with Crippen molar-refractivity contribution in [2.45, 2.75) is 19.1 Å². The third-order valence-electron chi connectivity index (χ3n) is 3.74. The van der Waals surface area contributed by atoms with Gasteiger partial charge in [-0.15, -0.1) is 0 Å². The summed E-state index contributed by atoms with van der Waals surface area (Å²) in [6.45, 7) is 1.19. The molecule has 0 radical (unpaired) electrons. The predicted molar refractivity (Wildman–Crippen MR) is 97.7 cm³/mol. The number of halogens is 4. The van der Waals surface area contributed by atoms with Crippen LogP contribution in [0.1, 0.15) is 28.9 Å². The van der Waals surface area contributed by atoms with E-state index in [2.05, 4.69) is 10.6 Å². The average Bonchev–Trinajstić information content (AvgIpc) is 2.63. The molecule has 0 aromatic heterocycles. The van der Waals surface area contributed by atoms with Gasteiger partial charge in [-0.3, -0.25) is 9.59 Å². The first-order chi connectivity index (χ1) is 12.7. The number of aliphatic hydroxyl groups is 1. The Morgan fingerprint density at radius 3 is 2.52 bits per heavy atom. The quantitative estimate of drug-likeness (QED) is 0.676. The van der Waals surface area contributed by atoms with Crippen molar-refractivity contribution >= 4 is 35.0 Å². The van der Waals surface area contributed by atoms with Crippen LogP contribution < -0.4 is 10.6 Å². The van der Waals surface area contributed by atoms with E-state index in [1.807, 2.05) is 0 Å². The molecule has 0 spiro atoms. The summed E-state index contributed by atoms with van der Waals surface area (Å²) in [5, 5.41) is 15.1. The summed E-state index contributed by atoms with van der Waals surface area (Å²) in [5.41, 5.74) is 0.224. The maximum absolute atomic E-state index is 13.2. The van der Waals surface area contributed by atoms with Gasteiger partial charge in [0, 0.05) is 6.54 Å². The molecular weight excluding hydrogens is 401 g/mol. The number of nitrogens with one attached hydrogen (secondary N) is 2. The molecule has 0 aliphatic carbocycles. The fourth-order valence-corrected chi connectivity index (χ4v) is 2.59. The lowest BCUT2D eigenvalue weighted by molar-refractivity contribution is -0.123. The monoisotopic (exact) mass is 416 g/mol. The molecule has 9 heteroatoms. The smallest absolute Gasteiger partial charge is 0.253 e. The van der Waals surface area contributed by atoms with Gasteiger partial charge < -0.3 is 15.7 Å². The highest BCUT2D eigenvalue weighted by atomic mass is 35.5. The van der Waals surface area contributed by atoms with Crippen molar-refractivity contribution in [2.24, 2.45) is 0 Å². The van der Waals surface area contributed by atoms with Crippen molar-refractivity contribution < 1.29 is 23.5 Å². The number of hydrogen-bond donors (Lipinski definition) is 3. The van der Waals surface area contributed by atoms with E-state index in [9.17, 15) is 23.5 Å². The van der Waals surface area contributed by atoms with E-state index in [1.54, 1.807) is 6.07 Å². The molecule has 0 saturated heterocycles. The molecule has 0 aliphatic heterocycles. The van der Waals surface area contributed by atoms with E-state index in [-0.39, 0.29) is 27.7 Å². The summed E-state index contributed by atoms with van der Waals surface area (Å²) in [7, 11) is 0. The Kier molecular flexibility index (Phi) is 7.12. The molecule has 2 atom stereocenters. The first-order valence-corrected chi connectivity index (χ1v) is 8.62. The average molecular weight is 417 g/mol. The van der Waals surface area contributed by atoms with Crippen LogP contribution in [0, 0.1) is 11.6 Å². The molecule has 2 unspecified atom stereocenters. The van der Waals surface area contributed by atoms with Gasteiger partial charge >= 0.3 is 0 Å². The van der Waals surface area contributed by atoms with Crippen LogP contribution in [0.3, 0.4) is 0 Å². The second-order valence-electron chi connectivity index (χ2n) is 5.73. The van der Waals surface area contributed by atoms with Crippen LogP contribution in [0.4, 0.5) is 8.78 Å². The molecule has 144 valence electrons. The summed E-state index contributed by atoms with van der Waals surface area (Å²) < 4.78 is 26.1. The van der Waals surface area contributed by atoms with Crippen molar-refractivity contribution in [1.29, 1.82) is 0 Å². The summed E-state index contributed by atoms with van der Waals surface area (Å²) in [4.78, 5) is 24.3. The predicted octanol–water partition coefficient (Wildman–Crippen LogP) is 3.24. The number of rotatable bonds is 6. The zero-order valence-electron chi connectivity index (χ0n) is 14.1. The molecular formula is C18H16Cl2F2N2O3. The molecule has 3 N–H and O–H groups in total. The van der Waals surface area contributed by atoms with Crippen molar-refractivity contribution in [3.05, 3.63) is 69.2 Å². The second-order valence-corrected chi connectivity index (χ2v) is 6.52. The Morgan fingerprint density at radius 2 is 1.85 bits per heavy atom. The second kappa shape index (κ2) is 9.12. The molecule has 2 aromatic carbocycles. The van der Waals surface area contributed by atoms with E-state index < -0.39 is 35.6 Å². The molecule has 2 rings (SSSR count). The Hall–Kier alpha value is -2.22. The normalized spacial score (nSPS) is 13.0. The highest BCUT2D eigenvalue weighted by molar-refractivity contribution is 6.43. The Labute approximate surface area is 164 Å². The van der Waals surface area contributed by atoms with E-state index in [0.717, 1.165) is 12.1 Å². The van der Waals surface area contributed by atoms with Crippen molar-refractivity contribution in [2.75, 3.05) is 6.54 Å². The van der Waals surface area contributed by atoms with Crippen LogP contribution in [0.25, 0.3) is 0 Å². The maximum Gasteiger partial charge on any atom is 0.253 e. The van der Waals surface area contributed by atoms with Gasteiger partial charge in [0.1, 0.15) is 6.04 Å². The fourth-order valence-electron chi connectivity index (χ4n) is 2.21. The van der Waals surface area contributed by atoms with E-state index in [1.165, 1.54) is 25.1 Å². The van der Waals surface area contributed by atoms with Gasteiger partial charge in [-0.05, 0) is 36.8 Å². The SMILES string of the molecule is CC(NC(=O)c1cccc(Cl)c1Cl)C(=O)NCC(O)c1ccc(F)c(F)c1. The lowest BCUT2D eigenvalue weighted by Gasteiger charge is -2.17. The van der Waals surface area contributed by atoms with Crippen LogP contribution in [0.15, 0.2) is 36.4 Å². The van der Waals surface area contributed by atoms with Gasteiger partial charge in [0.05, 0.1) is 21.7 Å². The fraction of sp³-hybridized carbons (Fsp3) is 0.222. The molecule has 0 fully saturated rings. The minimum atomic E-state index is -1.24. The zero-order chi connectivity index (χ0) is 20.1. The van der Waals surface area contributed by atoms with Crippen molar-refractivity contribution in [1.82, 2.24) is 10.6 Å². The molecule has 0 bridgehead atoms. The Morgan fingerprint density at radius 1 is 1.15 bits per heavy atom. The molecule has 2 amide bonds. The van der Waals surface area contributed by atoms with Gasteiger partial charge in [0.25, 0.3) is 5.91 Å². The van der Waals surface area contributed by atoms with E-state index in [4.69, 9.17) is 23.2 Å². The largest absolute Gasteiger partial charge is 0.387 e. The molecule has 2 aromatic rings. The highest BCUT2D eigenvalue weighted by Gasteiger charge is 2.20. The topological polar surface area (TPSA) is 78.4 Å². The highest BCUT2D eigenvalue weighted by Crippen LogP contribution is 2.25. The molecule has 0 aliphatic rings. The number of amides is 2. The number of carbonyl (C=O) groups is 2. The summed E-state index contributed by atoms with van der Waals surface area (Å²) in [6.07, 6.45) is -1.24. The zero-order valence-corrected chi connectivity index (χ0v) is 15.6. The maximum atomic E-state index is 13.2. The lowest BCUT2D eigenvalue weighted by Crippen LogP contribution is -2.45. The van der Waals surface area contributed by atoms with Gasteiger partial charge in [0.2, 0.25) is 5.91 Å². The summed E-state index contributed by atoms with van der Waals surface area (Å²) in [6, 6.07) is 6.53. The number of benzene rings is 2. The van der Waals surface area contributed by atoms with Crippen LogP contribution in [0.2, 0.25) is 10.0 Å². The van der Waals surface area contributed by atoms with Crippen molar-refractivity contribution in [3.8, 4) is 0 Å². The third-order valence-corrected chi connectivity index (χ3v) is 4.55. The molecule has 27 heavy (non-hydrogen) atoms. The van der Waals surface area contributed by atoms with E-state index >= 15 is 0 Å². The lowest BCUT2D eigenvalue weighted by atomic mass is 10.1. The first-order valence-electron chi connectivity index (χ1n) is 7.86. The van der Waals surface area contributed by atoms with Gasteiger partial charge in [-0.1, -0.05) is 35.3 Å². The molecule has 5 nitrogen and oxygen atoms in total. The van der Waals surface area contributed by atoms with Gasteiger partial charge in [0.15, 0.2) is 11.6 Å². The third kappa shape index (κ3) is 5.38. The number of aliphatic hydroxyl groups excluding tert-OH is 1. The van der Waals surface area contributed by atoms with Gasteiger partial charge in [-0.2, -0.15) is 0 Å². The van der Waals surface area contributed by atoms with Crippen LogP contribution in [-0.2, 0) is 4.79 Å². The minimum Gasteiger partial charge on any atom is -0.387 e. The van der Waals surface area contributed by atoms with Crippen molar-refractivity contribution in [3.63, 3.8) is 0 Å². The number of hydrogen-bond acceptors (Lipinski definition) is 3. The van der Waals surface area contributed by atoms with Crippen LogP contribution in [0.5, 0.6) is 0 Å². The molecule has 0 saturated carbocycles.